The Labute approximate surface area is 181 Å². The number of aromatic hydroxyl groups is 4. The number of phenolic OH excluding ortho intramolecular Hbond substituents is 4. The first-order valence-electron chi connectivity index (χ1n) is 7.40. The zero-order valence-corrected chi connectivity index (χ0v) is 16.3. The number of hydrogen-bond donors (Lipinski definition) is 5. The van der Waals surface area contributed by atoms with Crippen LogP contribution in [-0.4, -0.2) is 43.6 Å². The fraction of sp³-hybridized carbons (Fsp3) is 0.111. The first-order chi connectivity index (χ1) is 12.3. The fourth-order valence-corrected chi connectivity index (χ4v) is 2.08. The molecule has 0 radical (unpaired) electrons. The van der Waals surface area contributed by atoms with Gasteiger partial charge < -0.3 is 30.3 Å². The van der Waals surface area contributed by atoms with E-state index in [1.165, 1.54) is 42.5 Å². The van der Waals surface area contributed by atoms with Gasteiger partial charge in [-0.1, -0.05) is 12.1 Å². The van der Waals surface area contributed by atoms with Crippen LogP contribution in [0.25, 0.3) is 6.08 Å². The number of carbonyl (C=O) groups is 2. The maximum atomic E-state index is 11.8. The zero-order chi connectivity index (χ0) is 19.3. The summed E-state index contributed by atoms with van der Waals surface area (Å²) in [6.07, 6.45) is 0.565. The molecule has 0 bridgehead atoms. The van der Waals surface area contributed by atoms with Crippen LogP contribution in [0.4, 0.5) is 0 Å². The minimum Gasteiger partial charge on any atom is -0.504 e. The zero-order valence-electron chi connectivity index (χ0n) is 14.1. The van der Waals surface area contributed by atoms with Crippen molar-refractivity contribution in [2.24, 2.45) is 0 Å². The number of aliphatic carboxylic acids is 1. The second kappa shape index (κ2) is 11.3. The van der Waals surface area contributed by atoms with Crippen LogP contribution in [0.2, 0.25) is 0 Å². The van der Waals surface area contributed by atoms with E-state index in [1.807, 2.05) is 0 Å². The van der Waals surface area contributed by atoms with Crippen LogP contribution in [0, 0.1) is 0 Å². The van der Waals surface area contributed by atoms with E-state index >= 15 is 0 Å². The van der Waals surface area contributed by atoms with E-state index in [1.54, 1.807) is 0 Å². The normalized spacial score (nSPS) is 11.1. The molecule has 0 fully saturated rings. The predicted molar refractivity (Wildman–Crippen MR) is 89.8 cm³/mol. The molecule has 2 aromatic rings. The van der Waals surface area contributed by atoms with E-state index < -0.39 is 23.8 Å². The van der Waals surface area contributed by atoms with Gasteiger partial charge in [-0.05, 0) is 41.5 Å². The first kappa shape index (κ1) is 25.4. The fourth-order valence-electron chi connectivity index (χ4n) is 2.08. The Bertz CT molecular complexity index is 867. The molecule has 0 aliphatic carbocycles. The SMILES string of the molecule is O=C(/C=C/c1ccc(O)c(O)c1)OC(Cc1ccc(O)c(O)c1)C(=O)O.[Fe+2].[Fe+2]. The monoisotopic (exact) mass is 472 g/mol. The van der Waals surface area contributed by atoms with Crippen molar-refractivity contribution >= 4 is 18.0 Å². The number of rotatable bonds is 6. The molecule has 0 spiro atoms. The maximum absolute atomic E-state index is 11.8. The van der Waals surface area contributed by atoms with Gasteiger partial charge in [-0.15, -0.1) is 0 Å². The first-order valence-corrected chi connectivity index (χ1v) is 7.40. The topological polar surface area (TPSA) is 145 Å². The molecule has 2 aromatic carbocycles. The van der Waals surface area contributed by atoms with Gasteiger partial charge in [-0.2, -0.15) is 0 Å². The molecule has 2 rings (SSSR count). The summed E-state index contributed by atoms with van der Waals surface area (Å²) in [6.45, 7) is 0. The number of carboxylic acid groups (broad SMARTS) is 1. The maximum Gasteiger partial charge on any atom is 2.00 e. The molecule has 5 N–H and O–H groups in total. The molecule has 1 unspecified atom stereocenters. The standard InChI is InChI=1S/C18H16O8.2Fe/c19-12-4-1-10(7-14(12)21)3-6-17(23)26-16(18(24)25)9-11-2-5-13(20)15(22)8-11;;/h1-8,16,19-22H,9H2,(H,24,25);;/q;2*+2/b6-3+;;. The number of phenols is 4. The molecule has 0 aliphatic heterocycles. The molecule has 10 heteroatoms. The van der Waals surface area contributed by atoms with E-state index in [-0.39, 0.29) is 57.8 Å². The van der Waals surface area contributed by atoms with Crippen LogP contribution >= 0.6 is 0 Å². The van der Waals surface area contributed by atoms with Crippen LogP contribution in [-0.2, 0) is 54.9 Å². The van der Waals surface area contributed by atoms with Gasteiger partial charge >= 0.3 is 46.1 Å². The van der Waals surface area contributed by atoms with E-state index in [4.69, 9.17) is 4.74 Å². The summed E-state index contributed by atoms with van der Waals surface area (Å²) in [5.41, 5.74) is 0.750. The van der Waals surface area contributed by atoms with Crippen LogP contribution < -0.4 is 0 Å². The Morgan fingerprint density at radius 3 is 2.00 bits per heavy atom. The molecule has 0 saturated carbocycles. The Morgan fingerprint density at radius 1 is 0.893 bits per heavy atom. The van der Waals surface area contributed by atoms with Crippen molar-refractivity contribution in [2.75, 3.05) is 0 Å². The van der Waals surface area contributed by atoms with Gasteiger partial charge in [0.2, 0.25) is 6.10 Å². The minimum atomic E-state index is -1.50. The van der Waals surface area contributed by atoms with Crippen molar-refractivity contribution in [1.29, 1.82) is 0 Å². The van der Waals surface area contributed by atoms with Gasteiger partial charge in [-0.25, -0.2) is 9.59 Å². The summed E-state index contributed by atoms with van der Waals surface area (Å²) in [7, 11) is 0. The molecule has 0 heterocycles. The van der Waals surface area contributed by atoms with Gasteiger partial charge in [0.1, 0.15) is 0 Å². The Balaban J connectivity index is 0.00000364. The number of carboxylic acids is 1. The summed E-state index contributed by atoms with van der Waals surface area (Å²) in [4.78, 5) is 23.1. The second-order valence-corrected chi connectivity index (χ2v) is 5.37. The summed E-state index contributed by atoms with van der Waals surface area (Å²) in [5, 5.41) is 46.5. The van der Waals surface area contributed by atoms with Crippen LogP contribution in [0.3, 0.4) is 0 Å². The Morgan fingerprint density at radius 2 is 1.46 bits per heavy atom. The number of benzene rings is 2. The molecule has 0 amide bonds. The number of esters is 1. The van der Waals surface area contributed by atoms with E-state index in [2.05, 4.69) is 0 Å². The number of carbonyl (C=O) groups excluding carboxylic acids is 1. The number of ether oxygens (including phenoxy) is 1. The third-order valence-corrected chi connectivity index (χ3v) is 3.41. The van der Waals surface area contributed by atoms with Gasteiger partial charge in [0.05, 0.1) is 0 Å². The molecule has 0 aromatic heterocycles. The van der Waals surface area contributed by atoms with Gasteiger partial charge in [0.25, 0.3) is 0 Å². The van der Waals surface area contributed by atoms with Crippen molar-refractivity contribution < 1.29 is 74.0 Å². The molecule has 0 aliphatic rings. The largest absolute Gasteiger partial charge is 2.00 e. The van der Waals surface area contributed by atoms with Crippen LogP contribution in [0.1, 0.15) is 11.1 Å². The van der Waals surface area contributed by atoms with Crippen LogP contribution in [0.5, 0.6) is 23.0 Å². The van der Waals surface area contributed by atoms with Gasteiger partial charge in [0.15, 0.2) is 23.0 Å². The Kier molecular flexibility index (Phi) is 10.2. The van der Waals surface area contributed by atoms with Crippen molar-refractivity contribution in [3.05, 3.63) is 53.6 Å². The predicted octanol–water partition coefficient (Wildman–Crippen LogP) is 1.76. The average Bonchev–Trinajstić information content (AvgIpc) is 2.58. The van der Waals surface area contributed by atoms with E-state index in [9.17, 15) is 35.1 Å². The summed E-state index contributed by atoms with van der Waals surface area (Å²) < 4.78 is 4.88. The third-order valence-electron chi connectivity index (χ3n) is 3.41. The van der Waals surface area contributed by atoms with Crippen LogP contribution in [0.15, 0.2) is 42.5 Å². The third kappa shape index (κ3) is 7.17. The smallest absolute Gasteiger partial charge is 0.504 e. The van der Waals surface area contributed by atoms with E-state index in [0.717, 1.165) is 6.08 Å². The van der Waals surface area contributed by atoms with Gasteiger partial charge in [0, 0.05) is 12.5 Å². The van der Waals surface area contributed by atoms with Crippen molar-refractivity contribution in [2.45, 2.75) is 12.5 Å². The van der Waals surface area contributed by atoms with Gasteiger partial charge in [-0.3, -0.25) is 0 Å². The molecule has 1 atom stereocenters. The number of hydrogen-bond acceptors (Lipinski definition) is 7. The summed E-state index contributed by atoms with van der Waals surface area (Å²) in [5.74, 6) is -3.74. The molecular formula is C18H16Fe2O8+4. The molecule has 0 saturated heterocycles. The second-order valence-electron chi connectivity index (χ2n) is 5.37. The summed E-state index contributed by atoms with van der Waals surface area (Å²) in [6, 6.07) is 7.65. The van der Waals surface area contributed by atoms with Crippen molar-refractivity contribution in [1.82, 2.24) is 0 Å². The summed E-state index contributed by atoms with van der Waals surface area (Å²) >= 11 is 0. The van der Waals surface area contributed by atoms with E-state index in [0.29, 0.717) is 11.1 Å². The quantitative estimate of drug-likeness (QED) is 0.185. The van der Waals surface area contributed by atoms with Crippen molar-refractivity contribution in [3.8, 4) is 23.0 Å². The molecular weight excluding hydrogens is 456 g/mol. The molecule has 28 heavy (non-hydrogen) atoms. The molecule has 8 nitrogen and oxygen atoms in total. The Hall–Kier alpha value is -2.64. The average molecular weight is 472 g/mol. The minimum absolute atomic E-state index is 0. The molecule has 148 valence electrons. The van der Waals surface area contributed by atoms with Crippen molar-refractivity contribution in [3.63, 3.8) is 0 Å².